The molecule has 1 nitrogen and oxygen atoms in total. The molecule has 0 heterocycles. The lowest BCUT2D eigenvalue weighted by Crippen LogP contribution is -2.30. The van der Waals surface area contributed by atoms with E-state index in [9.17, 15) is 0 Å². The minimum Gasteiger partial charge on any atom is -0.309 e. The lowest BCUT2D eigenvalue weighted by Gasteiger charge is -2.30. The highest BCUT2D eigenvalue weighted by Crippen LogP contribution is 2.35. The molecule has 0 radical (unpaired) electrons. The molecular weight excluding hydrogens is 262 g/mol. The van der Waals surface area contributed by atoms with Gasteiger partial charge in [0.25, 0.3) is 0 Å². The molecule has 1 aliphatic rings. The Morgan fingerprint density at radius 3 is 2.40 bits per heavy atom. The van der Waals surface area contributed by atoms with E-state index < -0.39 is 0 Å². The summed E-state index contributed by atoms with van der Waals surface area (Å²) in [4.78, 5) is 0. The van der Waals surface area contributed by atoms with Crippen molar-refractivity contribution in [3.8, 4) is 0 Å². The van der Waals surface area contributed by atoms with Crippen LogP contribution in [-0.4, -0.2) is 17.0 Å². The molecule has 0 saturated heterocycles. The van der Waals surface area contributed by atoms with Gasteiger partial charge in [-0.1, -0.05) is 62.9 Å². The van der Waals surface area contributed by atoms with Crippen LogP contribution in [0.1, 0.15) is 63.1 Å². The largest absolute Gasteiger partial charge is 0.309 e. The van der Waals surface area contributed by atoms with Gasteiger partial charge in [0, 0.05) is 16.5 Å². The van der Waals surface area contributed by atoms with Gasteiger partial charge in [-0.3, -0.25) is 0 Å². The van der Waals surface area contributed by atoms with Crippen LogP contribution in [0.3, 0.4) is 0 Å². The molecule has 20 heavy (non-hydrogen) atoms. The fraction of sp³-hybridized carbons (Fsp3) is 0.667. The molecule has 0 bridgehead atoms. The van der Waals surface area contributed by atoms with Gasteiger partial charge in [0.2, 0.25) is 0 Å². The molecule has 0 spiro atoms. The van der Waals surface area contributed by atoms with Gasteiger partial charge < -0.3 is 5.32 Å². The van der Waals surface area contributed by atoms with Crippen molar-refractivity contribution in [1.29, 1.82) is 0 Å². The Labute approximate surface area is 128 Å². The highest BCUT2D eigenvalue weighted by Gasteiger charge is 2.23. The number of aryl methyl sites for hydroxylation is 1. The number of hydrogen-bond acceptors (Lipinski definition) is 2. The van der Waals surface area contributed by atoms with Crippen LogP contribution in [0.4, 0.5) is 0 Å². The molecular formula is C18H29NS. The third-order valence-electron chi connectivity index (χ3n) is 4.29. The SMILES string of the molecule is CCNC(c1ccc(C)cc1)C(C)SC1CCCCC1. The standard InChI is InChI=1S/C18H29NS/c1-4-19-18(16-12-10-14(2)11-13-16)15(3)20-17-8-6-5-7-9-17/h10-13,15,17-19H,4-9H2,1-3H3. The summed E-state index contributed by atoms with van der Waals surface area (Å²) in [5.74, 6) is 0. The molecule has 1 aliphatic carbocycles. The van der Waals surface area contributed by atoms with Crippen molar-refractivity contribution in [2.24, 2.45) is 0 Å². The van der Waals surface area contributed by atoms with E-state index in [0.29, 0.717) is 11.3 Å². The monoisotopic (exact) mass is 291 g/mol. The third-order valence-corrected chi connectivity index (χ3v) is 5.85. The van der Waals surface area contributed by atoms with Gasteiger partial charge in [0.1, 0.15) is 0 Å². The third kappa shape index (κ3) is 4.53. The van der Waals surface area contributed by atoms with Crippen molar-refractivity contribution in [3.05, 3.63) is 35.4 Å². The summed E-state index contributed by atoms with van der Waals surface area (Å²) in [5.41, 5.74) is 2.78. The topological polar surface area (TPSA) is 12.0 Å². The van der Waals surface area contributed by atoms with E-state index in [0.717, 1.165) is 11.8 Å². The number of thioether (sulfide) groups is 1. The van der Waals surface area contributed by atoms with Crippen molar-refractivity contribution < 1.29 is 0 Å². The fourth-order valence-electron chi connectivity index (χ4n) is 3.13. The molecule has 2 unspecified atom stereocenters. The molecule has 1 fully saturated rings. The molecule has 1 aromatic rings. The Kier molecular flexibility index (Phi) is 6.44. The maximum Gasteiger partial charge on any atom is 0.0437 e. The van der Waals surface area contributed by atoms with Crippen LogP contribution in [-0.2, 0) is 0 Å². The van der Waals surface area contributed by atoms with Crippen LogP contribution < -0.4 is 5.32 Å². The average molecular weight is 292 g/mol. The zero-order valence-electron chi connectivity index (χ0n) is 13.2. The minimum atomic E-state index is 0.479. The van der Waals surface area contributed by atoms with Gasteiger partial charge in [-0.05, 0) is 31.9 Å². The first-order chi connectivity index (χ1) is 9.70. The maximum atomic E-state index is 3.69. The van der Waals surface area contributed by atoms with Gasteiger partial charge in [-0.2, -0.15) is 11.8 Å². The predicted molar refractivity (Wildman–Crippen MR) is 91.5 cm³/mol. The number of nitrogens with one attached hydrogen (secondary N) is 1. The van der Waals surface area contributed by atoms with Crippen molar-refractivity contribution in [1.82, 2.24) is 5.32 Å². The zero-order valence-corrected chi connectivity index (χ0v) is 14.0. The zero-order chi connectivity index (χ0) is 14.4. The van der Waals surface area contributed by atoms with Crippen LogP contribution in [0, 0.1) is 6.92 Å². The quantitative estimate of drug-likeness (QED) is 0.782. The lowest BCUT2D eigenvalue weighted by molar-refractivity contribution is 0.506. The smallest absolute Gasteiger partial charge is 0.0437 e. The van der Waals surface area contributed by atoms with E-state index >= 15 is 0 Å². The second kappa shape index (κ2) is 8.09. The predicted octanol–water partition coefficient (Wildman–Crippen LogP) is 5.10. The lowest BCUT2D eigenvalue weighted by atomic mass is 10.0. The van der Waals surface area contributed by atoms with E-state index in [2.05, 4.69) is 62.1 Å². The van der Waals surface area contributed by atoms with Gasteiger partial charge in [0.05, 0.1) is 0 Å². The van der Waals surface area contributed by atoms with Crippen molar-refractivity contribution in [2.45, 2.75) is 69.4 Å². The van der Waals surface area contributed by atoms with E-state index in [4.69, 9.17) is 0 Å². The summed E-state index contributed by atoms with van der Waals surface area (Å²) >= 11 is 2.21. The van der Waals surface area contributed by atoms with Crippen molar-refractivity contribution in [2.75, 3.05) is 6.54 Å². The number of hydrogen-bond donors (Lipinski definition) is 1. The van der Waals surface area contributed by atoms with Crippen molar-refractivity contribution >= 4 is 11.8 Å². The van der Waals surface area contributed by atoms with Crippen LogP contribution in [0.25, 0.3) is 0 Å². The van der Waals surface area contributed by atoms with Crippen molar-refractivity contribution in [3.63, 3.8) is 0 Å². The van der Waals surface area contributed by atoms with Crippen LogP contribution in [0.15, 0.2) is 24.3 Å². The number of rotatable bonds is 6. The summed E-state index contributed by atoms with van der Waals surface area (Å²) in [6, 6.07) is 9.53. The molecule has 1 N–H and O–H groups in total. The van der Waals surface area contributed by atoms with Crippen LogP contribution >= 0.6 is 11.8 Å². The van der Waals surface area contributed by atoms with E-state index in [-0.39, 0.29) is 0 Å². The van der Waals surface area contributed by atoms with Crippen LogP contribution in [0.2, 0.25) is 0 Å². The Morgan fingerprint density at radius 1 is 1.15 bits per heavy atom. The second-order valence-corrected chi connectivity index (χ2v) is 7.73. The summed E-state index contributed by atoms with van der Waals surface area (Å²) in [6.07, 6.45) is 7.14. The van der Waals surface area contributed by atoms with E-state index in [1.54, 1.807) is 0 Å². The highest BCUT2D eigenvalue weighted by atomic mass is 32.2. The molecule has 0 aromatic heterocycles. The van der Waals surface area contributed by atoms with E-state index in [1.165, 1.54) is 43.2 Å². The molecule has 0 amide bonds. The van der Waals surface area contributed by atoms with Gasteiger partial charge in [0.15, 0.2) is 0 Å². The molecule has 2 heteroatoms. The molecule has 1 aromatic carbocycles. The Balaban J connectivity index is 2.00. The first-order valence-electron chi connectivity index (χ1n) is 8.16. The molecule has 2 rings (SSSR count). The first-order valence-corrected chi connectivity index (χ1v) is 9.10. The first kappa shape index (κ1) is 15.9. The molecule has 112 valence electrons. The molecule has 1 saturated carbocycles. The van der Waals surface area contributed by atoms with Gasteiger partial charge in [-0.25, -0.2) is 0 Å². The van der Waals surface area contributed by atoms with E-state index in [1.807, 2.05) is 0 Å². The Morgan fingerprint density at radius 2 is 1.80 bits per heavy atom. The summed E-state index contributed by atoms with van der Waals surface area (Å²) in [6.45, 7) is 7.80. The summed E-state index contributed by atoms with van der Waals surface area (Å²) < 4.78 is 0. The van der Waals surface area contributed by atoms with Gasteiger partial charge in [-0.15, -0.1) is 0 Å². The Bertz CT molecular complexity index is 381. The average Bonchev–Trinajstić information content (AvgIpc) is 2.47. The number of benzene rings is 1. The molecule has 0 aliphatic heterocycles. The second-order valence-electron chi connectivity index (χ2n) is 6.05. The maximum absolute atomic E-state index is 3.69. The minimum absolute atomic E-state index is 0.479. The van der Waals surface area contributed by atoms with Crippen LogP contribution in [0.5, 0.6) is 0 Å². The fourth-order valence-corrected chi connectivity index (χ4v) is 4.75. The summed E-state index contributed by atoms with van der Waals surface area (Å²) in [5, 5.41) is 5.21. The molecule has 2 atom stereocenters. The normalized spacial score (nSPS) is 19.8. The van der Waals surface area contributed by atoms with Gasteiger partial charge >= 0.3 is 0 Å². The summed E-state index contributed by atoms with van der Waals surface area (Å²) in [7, 11) is 0. The Hall–Kier alpha value is -0.470. The highest BCUT2D eigenvalue weighted by molar-refractivity contribution is 8.00.